The van der Waals surface area contributed by atoms with Gasteiger partial charge < -0.3 is 5.11 Å². The van der Waals surface area contributed by atoms with E-state index in [0.29, 0.717) is 6.42 Å². The first-order valence-electron chi connectivity index (χ1n) is 6.44. The summed E-state index contributed by atoms with van der Waals surface area (Å²) in [6.45, 7) is 7.98. The molecule has 0 aliphatic carbocycles. The van der Waals surface area contributed by atoms with Crippen LogP contribution in [0.1, 0.15) is 44.7 Å². The SMILES string of the molecule is CC/C(=C(/C)CC(C)C(=O)O)c1ccc(C)cc1. The summed E-state index contributed by atoms with van der Waals surface area (Å²) in [6, 6.07) is 8.42. The van der Waals surface area contributed by atoms with Gasteiger partial charge in [0, 0.05) is 0 Å². The standard InChI is InChI=1S/C16H22O2/c1-5-15(12(3)10-13(4)16(17)18)14-8-6-11(2)7-9-14/h6-9,13H,5,10H2,1-4H3,(H,17,18)/b15-12+. The maximum Gasteiger partial charge on any atom is 0.306 e. The Kier molecular flexibility index (Phi) is 5.14. The molecular formula is C16H22O2. The molecule has 2 heteroatoms. The fourth-order valence-corrected chi connectivity index (χ4v) is 2.18. The Bertz CT molecular complexity index is 441. The Morgan fingerprint density at radius 3 is 2.28 bits per heavy atom. The summed E-state index contributed by atoms with van der Waals surface area (Å²) >= 11 is 0. The van der Waals surface area contributed by atoms with Gasteiger partial charge in [0.05, 0.1) is 5.92 Å². The van der Waals surface area contributed by atoms with E-state index in [9.17, 15) is 4.79 Å². The van der Waals surface area contributed by atoms with Gasteiger partial charge in [-0.3, -0.25) is 4.79 Å². The van der Waals surface area contributed by atoms with Gasteiger partial charge in [-0.1, -0.05) is 49.2 Å². The third kappa shape index (κ3) is 3.73. The van der Waals surface area contributed by atoms with Gasteiger partial charge in [-0.25, -0.2) is 0 Å². The minimum atomic E-state index is -0.728. The highest BCUT2D eigenvalue weighted by Crippen LogP contribution is 2.26. The number of aliphatic carboxylic acids is 1. The van der Waals surface area contributed by atoms with E-state index in [2.05, 4.69) is 38.1 Å². The summed E-state index contributed by atoms with van der Waals surface area (Å²) in [5, 5.41) is 8.97. The van der Waals surface area contributed by atoms with Crippen LogP contribution in [0.25, 0.3) is 5.57 Å². The van der Waals surface area contributed by atoms with E-state index in [-0.39, 0.29) is 5.92 Å². The molecular weight excluding hydrogens is 224 g/mol. The van der Waals surface area contributed by atoms with Crippen molar-refractivity contribution in [2.45, 2.75) is 40.5 Å². The zero-order chi connectivity index (χ0) is 13.7. The van der Waals surface area contributed by atoms with Gasteiger partial charge in [0.2, 0.25) is 0 Å². The van der Waals surface area contributed by atoms with E-state index < -0.39 is 5.97 Å². The predicted molar refractivity (Wildman–Crippen MR) is 75.5 cm³/mol. The number of aryl methyl sites for hydroxylation is 1. The summed E-state index contributed by atoms with van der Waals surface area (Å²) in [6.07, 6.45) is 1.55. The summed E-state index contributed by atoms with van der Waals surface area (Å²) < 4.78 is 0. The fourth-order valence-electron chi connectivity index (χ4n) is 2.18. The monoisotopic (exact) mass is 246 g/mol. The molecule has 1 N–H and O–H groups in total. The van der Waals surface area contributed by atoms with Crippen molar-refractivity contribution >= 4 is 11.5 Å². The van der Waals surface area contributed by atoms with Crippen LogP contribution in [-0.4, -0.2) is 11.1 Å². The summed E-state index contributed by atoms with van der Waals surface area (Å²) in [5.41, 5.74) is 4.89. The minimum absolute atomic E-state index is 0.322. The molecule has 1 unspecified atom stereocenters. The highest BCUT2D eigenvalue weighted by molar-refractivity contribution is 5.72. The van der Waals surface area contributed by atoms with Crippen molar-refractivity contribution in [2.75, 3.05) is 0 Å². The van der Waals surface area contributed by atoms with E-state index in [1.165, 1.54) is 22.3 Å². The number of rotatable bonds is 5. The van der Waals surface area contributed by atoms with Crippen LogP contribution in [0.3, 0.4) is 0 Å². The zero-order valence-corrected chi connectivity index (χ0v) is 11.7. The Morgan fingerprint density at radius 1 is 1.28 bits per heavy atom. The van der Waals surface area contributed by atoms with Crippen LogP contribution in [0.5, 0.6) is 0 Å². The molecule has 1 aromatic rings. The molecule has 0 saturated carbocycles. The Balaban J connectivity index is 2.99. The lowest BCUT2D eigenvalue weighted by molar-refractivity contribution is -0.141. The van der Waals surface area contributed by atoms with Gasteiger partial charge in [-0.05, 0) is 37.8 Å². The van der Waals surface area contributed by atoms with E-state index in [1.54, 1.807) is 6.92 Å². The Hall–Kier alpha value is -1.57. The number of benzene rings is 1. The van der Waals surface area contributed by atoms with Crippen molar-refractivity contribution < 1.29 is 9.90 Å². The van der Waals surface area contributed by atoms with Gasteiger partial charge in [0.1, 0.15) is 0 Å². The van der Waals surface area contributed by atoms with Crippen molar-refractivity contribution in [1.29, 1.82) is 0 Å². The molecule has 0 bridgehead atoms. The number of allylic oxidation sites excluding steroid dienone is 2. The molecule has 1 atom stereocenters. The molecule has 2 nitrogen and oxygen atoms in total. The Morgan fingerprint density at radius 2 is 1.83 bits per heavy atom. The van der Waals surface area contributed by atoms with E-state index in [0.717, 1.165) is 6.42 Å². The molecule has 1 rings (SSSR count). The average molecular weight is 246 g/mol. The predicted octanol–water partition coefficient (Wildman–Crippen LogP) is 4.29. The van der Waals surface area contributed by atoms with Crippen LogP contribution in [0.15, 0.2) is 29.8 Å². The lowest BCUT2D eigenvalue weighted by Crippen LogP contribution is -2.10. The summed E-state index contributed by atoms with van der Waals surface area (Å²) in [4.78, 5) is 10.9. The van der Waals surface area contributed by atoms with Gasteiger partial charge in [0.15, 0.2) is 0 Å². The fraction of sp³-hybridized carbons (Fsp3) is 0.438. The van der Waals surface area contributed by atoms with Crippen molar-refractivity contribution in [2.24, 2.45) is 5.92 Å². The topological polar surface area (TPSA) is 37.3 Å². The van der Waals surface area contributed by atoms with Crippen LogP contribution in [-0.2, 0) is 4.79 Å². The third-order valence-corrected chi connectivity index (χ3v) is 3.30. The van der Waals surface area contributed by atoms with E-state index in [1.807, 2.05) is 6.92 Å². The smallest absolute Gasteiger partial charge is 0.306 e. The maximum atomic E-state index is 10.9. The second-order valence-corrected chi connectivity index (χ2v) is 4.92. The first-order valence-corrected chi connectivity index (χ1v) is 6.44. The number of hydrogen-bond donors (Lipinski definition) is 1. The van der Waals surface area contributed by atoms with Crippen molar-refractivity contribution in [3.8, 4) is 0 Å². The molecule has 0 aliphatic heterocycles. The van der Waals surface area contributed by atoms with Gasteiger partial charge in [0.25, 0.3) is 0 Å². The van der Waals surface area contributed by atoms with E-state index >= 15 is 0 Å². The molecule has 0 radical (unpaired) electrons. The Labute approximate surface area is 109 Å². The molecule has 0 saturated heterocycles. The van der Waals surface area contributed by atoms with Gasteiger partial charge >= 0.3 is 5.97 Å². The molecule has 1 aromatic carbocycles. The normalized spacial score (nSPS) is 14.0. The zero-order valence-electron chi connectivity index (χ0n) is 11.7. The minimum Gasteiger partial charge on any atom is -0.481 e. The van der Waals surface area contributed by atoms with Crippen molar-refractivity contribution in [3.63, 3.8) is 0 Å². The quantitative estimate of drug-likeness (QED) is 0.841. The molecule has 18 heavy (non-hydrogen) atoms. The number of hydrogen-bond acceptors (Lipinski definition) is 1. The maximum absolute atomic E-state index is 10.9. The lowest BCUT2D eigenvalue weighted by atomic mass is 9.92. The highest BCUT2D eigenvalue weighted by atomic mass is 16.4. The molecule has 0 fully saturated rings. The first kappa shape index (κ1) is 14.5. The molecule has 98 valence electrons. The van der Waals surface area contributed by atoms with E-state index in [4.69, 9.17) is 5.11 Å². The van der Waals surface area contributed by atoms with Crippen molar-refractivity contribution in [1.82, 2.24) is 0 Å². The van der Waals surface area contributed by atoms with Crippen LogP contribution < -0.4 is 0 Å². The molecule has 0 amide bonds. The largest absolute Gasteiger partial charge is 0.481 e. The number of carboxylic acid groups (broad SMARTS) is 1. The number of carboxylic acids is 1. The van der Waals surface area contributed by atoms with Crippen molar-refractivity contribution in [3.05, 3.63) is 41.0 Å². The molecule has 0 aromatic heterocycles. The third-order valence-electron chi connectivity index (χ3n) is 3.30. The second kappa shape index (κ2) is 6.39. The molecule has 0 aliphatic rings. The highest BCUT2D eigenvalue weighted by Gasteiger charge is 2.13. The lowest BCUT2D eigenvalue weighted by Gasteiger charge is -2.13. The number of carbonyl (C=O) groups is 1. The summed E-state index contributed by atoms with van der Waals surface area (Å²) in [5.74, 6) is -1.05. The second-order valence-electron chi connectivity index (χ2n) is 4.92. The van der Waals surface area contributed by atoms with Gasteiger partial charge in [-0.15, -0.1) is 0 Å². The van der Waals surface area contributed by atoms with Crippen LogP contribution in [0.4, 0.5) is 0 Å². The average Bonchev–Trinajstić information content (AvgIpc) is 2.32. The van der Waals surface area contributed by atoms with Crippen LogP contribution >= 0.6 is 0 Å². The first-order chi connectivity index (χ1) is 8.45. The molecule has 0 heterocycles. The summed E-state index contributed by atoms with van der Waals surface area (Å²) in [7, 11) is 0. The van der Waals surface area contributed by atoms with Gasteiger partial charge in [-0.2, -0.15) is 0 Å². The van der Waals surface area contributed by atoms with Crippen LogP contribution in [0.2, 0.25) is 0 Å². The molecule has 0 spiro atoms. The van der Waals surface area contributed by atoms with Crippen LogP contribution in [0, 0.1) is 12.8 Å².